The molecule has 4 rings (SSSR count). The van der Waals surface area contributed by atoms with Gasteiger partial charge in [0.2, 0.25) is 0 Å². The maximum atomic E-state index is 12.5. The van der Waals surface area contributed by atoms with Crippen LogP contribution in [-0.4, -0.2) is 22.9 Å². The van der Waals surface area contributed by atoms with Gasteiger partial charge in [-0.3, -0.25) is 9.69 Å². The van der Waals surface area contributed by atoms with Crippen LogP contribution in [0.1, 0.15) is 27.2 Å². The number of hydrogen-bond acceptors (Lipinski definition) is 8. The Morgan fingerprint density at radius 2 is 1.97 bits per heavy atom. The van der Waals surface area contributed by atoms with Crippen molar-refractivity contribution in [3.8, 4) is 11.9 Å². The molecule has 0 aliphatic carbocycles. The molecule has 1 aromatic heterocycles. The Morgan fingerprint density at radius 1 is 1.21 bits per heavy atom. The number of nitrogens with one attached hydrogen (secondary N) is 1. The van der Waals surface area contributed by atoms with Crippen molar-refractivity contribution in [2.75, 3.05) is 12.0 Å². The van der Waals surface area contributed by atoms with Gasteiger partial charge in [-0.1, -0.05) is 36.4 Å². The van der Waals surface area contributed by atoms with E-state index in [2.05, 4.69) is 16.5 Å². The number of anilines is 1. The second-order valence-corrected chi connectivity index (χ2v) is 8.10. The number of carbonyl (C=O) groups excluding carboxylic acids is 1. The molecular formula is C24H22N6O2S. The fourth-order valence-electron chi connectivity index (χ4n) is 3.36. The molecule has 166 valence electrons. The number of hydrogen-bond donors (Lipinski definition) is 2. The molecule has 9 heteroatoms. The number of carbonyl (C=O) groups is 1. The Bertz CT molecular complexity index is 1270. The summed E-state index contributed by atoms with van der Waals surface area (Å²) < 4.78 is 5.25. The van der Waals surface area contributed by atoms with Gasteiger partial charge in [0.25, 0.3) is 5.91 Å². The van der Waals surface area contributed by atoms with Gasteiger partial charge in [0.1, 0.15) is 11.6 Å². The lowest BCUT2D eigenvalue weighted by atomic mass is 10.1. The lowest BCUT2D eigenvalue weighted by Crippen LogP contribution is -2.30. The normalized spacial score (nSPS) is 13.1. The standard InChI is InChI=1S/C24H22N6O2S/c1-16-14-33-24(28-16)29-12-20(30(15-25)22(26)13-29)18-9-7-17(8-10-18)11-27-23(31)19-5-3-4-6-21(19)32-2/h3-10,12-14H,11,26H2,1-2H3,(H,27,31). The van der Waals surface area contributed by atoms with Crippen molar-refractivity contribution in [1.29, 1.82) is 5.26 Å². The number of thiazole rings is 1. The van der Waals surface area contributed by atoms with E-state index in [4.69, 9.17) is 10.5 Å². The Hall–Kier alpha value is -4.29. The second kappa shape index (κ2) is 9.46. The van der Waals surface area contributed by atoms with Crippen LogP contribution in [0.2, 0.25) is 0 Å². The van der Waals surface area contributed by atoms with E-state index in [0.717, 1.165) is 22.0 Å². The minimum absolute atomic E-state index is 0.213. The number of nitriles is 1. The van der Waals surface area contributed by atoms with Crippen LogP contribution in [0, 0.1) is 18.4 Å². The molecule has 1 aliphatic rings. The number of amides is 1. The molecule has 8 nitrogen and oxygen atoms in total. The monoisotopic (exact) mass is 458 g/mol. The fourth-order valence-corrected chi connectivity index (χ4v) is 4.11. The summed E-state index contributed by atoms with van der Waals surface area (Å²) in [6, 6.07) is 14.7. The fraction of sp³-hybridized carbons (Fsp3) is 0.125. The van der Waals surface area contributed by atoms with Gasteiger partial charge in [0.15, 0.2) is 11.3 Å². The summed E-state index contributed by atoms with van der Waals surface area (Å²) in [5.41, 5.74) is 9.90. The Labute approximate surface area is 195 Å². The Balaban J connectivity index is 1.51. The predicted octanol–water partition coefficient (Wildman–Crippen LogP) is 3.75. The summed E-state index contributed by atoms with van der Waals surface area (Å²) in [6.07, 6.45) is 5.63. The third kappa shape index (κ3) is 4.66. The number of aromatic nitrogens is 1. The van der Waals surface area contributed by atoms with Gasteiger partial charge in [0, 0.05) is 23.7 Å². The number of rotatable bonds is 6. The lowest BCUT2D eigenvalue weighted by Gasteiger charge is -2.28. The molecule has 1 aliphatic heterocycles. The number of nitrogens with zero attached hydrogens (tertiary/aromatic N) is 4. The molecule has 2 aromatic carbocycles. The molecule has 0 unspecified atom stereocenters. The van der Waals surface area contributed by atoms with Gasteiger partial charge in [-0.2, -0.15) is 5.26 Å². The van der Waals surface area contributed by atoms with Crippen LogP contribution in [0.5, 0.6) is 5.75 Å². The van der Waals surface area contributed by atoms with E-state index < -0.39 is 0 Å². The largest absolute Gasteiger partial charge is 0.496 e. The van der Waals surface area contributed by atoms with Gasteiger partial charge >= 0.3 is 0 Å². The van der Waals surface area contributed by atoms with Crippen LogP contribution in [-0.2, 0) is 6.54 Å². The summed E-state index contributed by atoms with van der Waals surface area (Å²) in [5, 5.41) is 15.3. The topological polar surface area (TPSA) is 108 Å². The van der Waals surface area contributed by atoms with Crippen molar-refractivity contribution in [2.45, 2.75) is 13.5 Å². The first-order valence-electron chi connectivity index (χ1n) is 10.1. The number of benzene rings is 2. The molecule has 2 heterocycles. The minimum atomic E-state index is -0.213. The van der Waals surface area contributed by atoms with E-state index >= 15 is 0 Å². The van der Waals surface area contributed by atoms with Gasteiger partial charge in [-0.25, -0.2) is 9.88 Å². The smallest absolute Gasteiger partial charge is 0.255 e. The van der Waals surface area contributed by atoms with Crippen molar-refractivity contribution >= 4 is 28.1 Å². The first-order chi connectivity index (χ1) is 16.0. The van der Waals surface area contributed by atoms with Crippen LogP contribution in [0.25, 0.3) is 5.70 Å². The first-order valence-corrected chi connectivity index (χ1v) is 11.0. The molecule has 3 aromatic rings. The van der Waals surface area contributed by atoms with Crippen molar-refractivity contribution in [1.82, 2.24) is 15.2 Å². The Kier molecular flexibility index (Phi) is 6.29. The predicted molar refractivity (Wildman–Crippen MR) is 128 cm³/mol. The van der Waals surface area contributed by atoms with Crippen molar-refractivity contribution < 1.29 is 9.53 Å². The highest BCUT2D eigenvalue weighted by Gasteiger charge is 2.22. The number of nitrogens with two attached hydrogens (primary N) is 1. The number of ether oxygens (including phenoxy) is 1. The zero-order chi connectivity index (χ0) is 23.4. The van der Waals surface area contributed by atoms with E-state index in [1.807, 2.05) is 53.7 Å². The zero-order valence-corrected chi connectivity index (χ0v) is 19.0. The highest BCUT2D eigenvalue weighted by atomic mass is 32.1. The maximum Gasteiger partial charge on any atom is 0.255 e. The van der Waals surface area contributed by atoms with Gasteiger partial charge in [-0.15, -0.1) is 11.3 Å². The average molecular weight is 459 g/mol. The zero-order valence-electron chi connectivity index (χ0n) is 18.1. The van der Waals surface area contributed by atoms with E-state index in [1.54, 1.807) is 24.4 Å². The molecule has 0 radical (unpaired) electrons. The summed E-state index contributed by atoms with van der Waals surface area (Å²) in [5.74, 6) is 0.613. The maximum absolute atomic E-state index is 12.5. The number of aryl methyl sites for hydroxylation is 1. The van der Waals surface area contributed by atoms with Gasteiger partial charge in [-0.05, 0) is 24.6 Å². The molecule has 0 atom stereocenters. The molecule has 0 saturated carbocycles. The average Bonchev–Trinajstić information content (AvgIpc) is 3.28. The van der Waals surface area contributed by atoms with E-state index in [1.165, 1.54) is 23.3 Å². The molecule has 0 bridgehead atoms. The van der Waals surface area contributed by atoms with Crippen molar-refractivity contribution in [2.24, 2.45) is 5.73 Å². The molecule has 0 saturated heterocycles. The SMILES string of the molecule is COc1ccccc1C(=O)NCc1ccc(C2=CN(c3nc(C)cs3)C=C(N)N2C#N)cc1. The van der Waals surface area contributed by atoms with E-state index in [9.17, 15) is 10.1 Å². The van der Waals surface area contributed by atoms with E-state index in [-0.39, 0.29) is 5.91 Å². The van der Waals surface area contributed by atoms with Gasteiger partial charge in [0.05, 0.1) is 30.3 Å². The van der Waals surface area contributed by atoms with Crippen LogP contribution in [0.4, 0.5) is 5.13 Å². The third-order valence-corrected chi connectivity index (χ3v) is 5.99. The first kappa shape index (κ1) is 21.9. The Morgan fingerprint density at radius 3 is 2.64 bits per heavy atom. The summed E-state index contributed by atoms with van der Waals surface area (Å²) in [7, 11) is 1.54. The minimum Gasteiger partial charge on any atom is -0.496 e. The highest BCUT2D eigenvalue weighted by Crippen LogP contribution is 2.30. The van der Waals surface area contributed by atoms with Crippen molar-refractivity contribution in [3.63, 3.8) is 0 Å². The van der Waals surface area contributed by atoms with Crippen LogP contribution in [0.3, 0.4) is 0 Å². The summed E-state index contributed by atoms with van der Waals surface area (Å²) in [4.78, 5) is 20.2. The highest BCUT2D eigenvalue weighted by molar-refractivity contribution is 7.13. The van der Waals surface area contributed by atoms with Crippen LogP contribution >= 0.6 is 11.3 Å². The van der Waals surface area contributed by atoms with E-state index in [0.29, 0.717) is 29.4 Å². The lowest BCUT2D eigenvalue weighted by molar-refractivity contribution is 0.0948. The number of para-hydroxylation sites is 1. The molecule has 0 fully saturated rings. The molecular weight excluding hydrogens is 436 g/mol. The quantitative estimate of drug-likeness (QED) is 0.542. The number of methoxy groups -OCH3 is 1. The summed E-state index contributed by atoms with van der Waals surface area (Å²) in [6.45, 7) is 2.28. The third-order valence-electron chi connectivity index (χ3n) is 5.01. The van der Waals surface area contributed by atoms with Crippen LogP contribution < -0.4 is 20.7 Å². The molecule has 3 N–H and O–H groups in total. The van der Waals surface area contributed by atoms with Crippen molar-refractivity contribution in [3.05, 3.63) is 94.5 Å². The second-order valence-electron chi connectivity index (χ2n) is 7.26. The summed E-state index contributed by atoms with van der Waals surface area (Å²) >= 11 is 1.50. The van der Waals surface area contributed by atoms with Crippen LogP contribution in [0.15, 0.2) is 72.1 Å². The van der Waals surface area contributed by atoms with Gasteiger partial charge < -0.3 is 15.8 Å². The molecule has 0 spiro atoms. The molecule has 1 amide bonds. The molecule has 33 heavy (non-hydrogen) atoms.